The molecule has 0 amide bonds. The van der Waals surface area contributed by atoms with Gasteiger partial charge in [0, 0.05) is 0 Å². The number of aliphatic hydroxyl groups is 2. The second kappa shape index (κ2) is 4.44. The molecule has 1 aromatic rings. The lowest BCUT2D eigenvalue weighted by atomic mass is 9.94. The number of aromatic amines is 1. The lowest BCUT2D eigenvalue weighted by molar-refractivity contribution is -0.235. The van der Waals surface area contributed by atoms with Crippen LogP contribution in [-0.4, -0.2) is 48.3 Å². The van der Waals surface area contributed by atoms with Crippen molar-refractivity contribution in [2.75, 3.05) is 16.4 Å². The van der Waals surface area contributed by atoms with Gasteiger partial charge in [-0.2, -0.15) is 4.98 Å². The highest BCUT2D eigenvalue weighted by molar-refractivity contribution is 14.1. The number of nitrogens with two attached hydrogens (primary N) is 1. The van der Waals surface area contributed by atoms with E-state index in [9.17, 15) is 15.0 Å². The number of halogens is 1. The van der Waals surface area contributed by atoms with Crippen LogP contribution in [0, 0.1) is 0 Å². The molecule has 7 N–H and O–H groups in total. The topological polar surface area (TPSA) is 146 Å². The van der Waals surface area contributed by atoms with E-state index in [0.29, 0.717) is 0 Å². The summed E-state index contributed by atoms with van der Waals surface area (Å²) in [7, 11) is 0. The van der Waals surface area contributed by atoms with Gasteiger partial charge in [0.05, 0.1) is 10.0 Å². The van der Waals surface area contributed by atoms with E-state index in [2.05, 4.69) is 20.6 Å². The molecule has 0 radical (unpaired) electrons. The summed E-state index contributed by atoms with van der Waals surface area (Å²) in [6.45, 7) is 1.74. The van der Waals surface area contributed by atoms with E-state index in [0.717, 1.165) is 0 Å². The fourth-order valence-corrected chi connectivity index (χ4v) is 2.99. The van der Waals surface area contributed by atoms with Crippen molar-refractivity contribution in [3.63, 3.8) is 0 Å². The van der Waals surface area contributed by atoms with Crippen LogP contribution in [0.1, 0.15) is 6.92 Å². The number of hydrogen-bond acceptors (Lipinski definition) is 8. The number of fused-ring (bicyclic) bond motifs is 2. The van der Waals surface area contributed by atoms with Gasteiger partial charge in [-0.05, 0) is 6.92 Å². The van der Waals surface area contributed by atoms with Crippen LogP contribution < -0.4 is 21.9 Å². The van der Waals surface area contributed by atoms with E-state index < -0.39 is 27.5 Å². The summed E-state index contributed by atoms with van der Waals surface area (Å²) in [6.07, 6.45) is -1.12. The Bertz CT molecular complexity index is 606. The van der Waals surface area contributed by atoms with E-state index in [1.165, 1.54) is 0 Å². The first kappa shape index (κ1) is 13.9. The predicted octanol–water partition coefficient (Wildman–Crippen LogP) is -1.21. The smallest absolute Gasteiger partial charge is 0.277 e. The van der Waals surface area contributed by atoms with Crippen LogP contribution in [0.3, 0.4) is 0 Å². The zero-order valence-corrected chi connectivity index (χ0v) is 12.6. The maximum absolute atomic E-state index is 11.8. The van der Waals surface area contributed by atoms with Crippen molar-refractivity contribution in [2.24, 2.45) is 0 Å². The predicted molar refractivity (Wildman–Crippen MR) is 79.6 cm³/mol. The minimum atomic E-state index is -2.04. The average molecular weight is 395 g/mol. The molecule has 0 aromatic carbocycles. The number of anilines is 3. The Morgan fingerprint density at radius 1 is 1.45 bits per heavy atom. The van der Waals surface area contributed by atoms with Crippen LogP contribution >= 0.6 is 22.6 Å². The molecule has 3 rings (SSSR count). The van der Waals surface area contributed by atoms with Crippen LogP contribution in [0.2, 0.25) is 0 Å². The summed E-state index contributed by atoms with van der Waals surface area (Å²) in [4.78, 5) is 18.1. The van der Waals surface area contributed by atoms with Gasteiger partial charge in [0.1, 0.15) is 11.7 Å². The largest absolute Gasteiger partial charge is 0.369 e. The molecular formula is C10H14IN5O4. The third-order valence-corrected chi connectivity index (χ3v) is 5.39. The van der Waals surface area contributed by atoms with E-state index >= 15 is 0 Å². The molecule has 0 spiro atoms. The number of H-pyrrole nitrogens is 1. The van der Waals surface area contributed by atoms with Gasteiger partial charge in [-0.15, -0.1) is 0 Å². The van der Waals surface area contributed by atoms with Gasteiger partial charge in [-0.25, -0.2) is 0 Å². The van der Waals surface area contributed by atoms with Gasteiger partial charge >= 0.3 is 0 Å². The molecule has 0 aliphatic carbocycles. The first-order chi connectivity index (χ1) is 9.30. The quantitative estimate of drug-likeness (QED) is 0.182. The highest BCUT2D eigenvalue weighted by Gasteiger charge is 2.55. The summed E-state index contributed by atoms with van der Waals surface area (Å²) in [5, 5.41) is 26.2. The minimum absolute atomic E-state index is 0.0311. The van der Waals surface area contributed by atoms with Crippen molar-refractivity contribution in [3.8, 4) is 0 Å². The van der Waals surface area contributed by atoms with Crippen molar-refractivity contribution in [2.45, 2.75) is 35.0 Å². The first-order valence-corrected chi connectivity index (χ1v) is 7.22. The molecule has 0 bridgehead atoms. The average Bonchev–Trinajstić information content (AvgIpc) is 2.35. The summed E-state index contributed by atoms with van der Waals surface area (Å²) in [5.41, 5.74) is 5.10. The molecule has 2 aliphatic rings. The molecule has 20 heavy (non-hydrogen) atoms. The third-order valence-electron chi connectivity index (χ3n) is 3.46. The van der Waals surface area contributed by atoms with Crippen molar-refractivity contribution in [1.29, 1.82) is 0 Å². The van der Waals surface area contributed by atoms with Gasteiger partial charge in [-0.1, -0.05) is 22.6 Å². The summed E-state index contributed by atoms with van der Waals surface area (Å²) >= 11 is 1.91. The summed E-state index contributed by atoms with van der Waals surface area (Å²) in [6, 6.07) is -0.903. The maximum Gasteiger partial charge on any atom is 0.277 e. The molecule has 110 valence electrons. The molecule has 1 fully saturated rings. The van der Waals surface area contributed by atoms with Gasteiger partial charge < -0.3 is 31.3 Å². The molecule has 1 saturated heterocycles. The second-order valence-electron chi connectivity index (χ2n) is 4.89. The van der Waals surface area contributed by atoms with Crippen LogP contribution in [0.25, 0.3) is 0 Å². The van der Waals surface area contributed by atoms with Gasteiger partial charge in [0.2, 0.25) is 11.7 Å². The van der Waals surface area contributed by atoms with E-state index in [-0.39, 0.29) is 23.6 Å². The van der Waals surface area contributed by atoms with Crippen LogP contribution in [-0.2, 0) is 4.74 Å². The van der Waals surface area contributed by atoms with Crippen molar-refractivity contribution < 1.29 is 14.9 Å². The van der Waals surface area contributed by atoms with E-state index in [4.69, 9.17) is 10.5 Å². The molecule has 4 atom stereocenters. The SMILES string of the molecule is C[C@H]1O[C@H]2Nc3nc(N)[nH]c(=O)c3N[C@H]2C(O)(O)[C@H]1I. The zero-order valence-electron chi connectivity index (χ0n) is 10.4. The Labute approximate surface area is 127 Å². The molecule has 1 aromatic heterocycles. The second-order valence-corrected chi connectivity index (χ2v) is 6.23. The molecule has 0 unspecified atom stereocenters. The molecular weight excluding hydrogens is 381 g/mol. The fourth-order valence-electron chi connectivity index (χ4n) is 2.44. The summed E-state index contributed by atoms with van der Waals surface area (Å²) in [5.74, 6) is -1.85. The Kier molecular flexibility index (Phi) is 3.08. The van der Waals surface area contributed by atoms with E-state index in [1.807, 2.05) is 22.6 Å². The van der Waals surface area contributed by atoms with Crippen molar-refractivity contribution in [1.82, 2.24) is 9.97 Å². The molecule has 10 heteroatoms. The fraction of sp³-hybridized carbons (Fsp3) is 0.600. The lowest BCUT2D eigenvalue weighted by Gasteiger charge is -2.49. The highest BCUT2D eigenvalue weighted by atomic mass is 127. The Balaban J connectivity index is 2.04. The number of hydrogen-bond donors (Lipinski definition) is 6. The lowest BCUT2D eigenvalue weighted by Crippen LogP contribution is -2.69. The number of nitrogen functional groups attached to an aromatic ring is 1. The Morgan fingerprint density at radius 3 is 2.85 bits per heavy atom. The van der Waals surface area contributed by atoms with Crippen LogP contribution in [0.5, 0.6) is 0 Å². The van der Waals surface area contributed by atoms with Crippen molar-refractivity contribution >= 4 is 40.0 Å². The minimum Gasteiger partial charge on any atom is -0.369 e. The maximum atomic E-state index is 11.8. The Hall–Kier alpha value is -1.11. The van der Waals surface area contributed by atoms with Crippen LogP contribution in [0.4, 0.5) is 17.5 Å². The number of alkyl halides is 1. The normalized spacial score (nSPS) is 34.4. The van der Waals surface area contributed by atoms with Crippen LogP contribution in [0.15, 0.2) is 4.79 Å². The molecule has 3 heterocycles. The molecule has 0 saturated carbocycles. The van der Waals surface area contributed by atoms with Crippen molar-refractivity contribution in [3.05, 3.63) is 10.4 Å². The Morgan fingerprint density at radius 2 is 2.15 bits per heavy atom. The molecule has 2 aliphatic heterocycles. The first-order valence-electron chi connectivity index (χ1n) is 5.98. The van der Waals surface area contributed by atoms with Gasteiger partial charge in [-0.3, -0.25) is 9.78 Å². The zero-order chi connectivity index (χ0) is 14.7. The number of rotatable bonds is 0. The van der Waals surface area contributed by atoms with E-state index in [1.54, 1.807) is 6.92 Å². The number of ether oxygens (including phenoxy) is 1. The van der Waals surface area contributed by atoms with Gasteiger partial charge in [0.15, 0.2) is 12.0 Å². The molecule has 9 nitrogen and oxygen atoms in total. The van der Waals surface area contributed by atoms with Gasteiger partial charge in [0.25, 0.3) is 5.56 Å². The highest BCUT2D eigenvalue weighted by Crippen LogP contribution is 2.38. The summed E-state index contributed by atoms with van der Waals surface area (Å²) < 4.78 is 5.12. The number of aromatic nitrogens is 2. The number of nitrogens with one attached hydrogen (secondary N) is 3. The standard InChI is InChI=1S/C10H14IN5O4/c1-2-4(11)10(18,19)5-8(20-2)14-6-3(13-5)7(17)16-9(12)15-6/h2,4-5,8,13,18-19H,1H3,(H4,12,14,15,16,17)/t2-,4+,5-,8-/m1/s1. The third kappa shape index (κ3) is 1.94. The monoisotopic (exact) mass is 395 g/mol. The number of nitrogens with zero attached hydrogens (tertiary/aromatic N) is 1.